The summed E-state index contributed by atoms with van der Waals surface area (Å²) in [4.78, 5) is 13.8. The molecule has 1 aliphatic rings. The molecule has 1 fully saturated rings. The van der Waals surface area contributed by atoms with Gasteiger partial charge in [0.15, 0.2) is 0 Å². The van der Waals surface area contributed by atoms with Crippen molar-refractivity contribution in [2.24, 2.45) is 5.84 Å². The SMILES string of the molecule is Cc1ccccc1NC(=O)N1CCN(N)CC1. The van der Waals surface area contributed by atoms with Crippen LogP contribution in [0.25, 0.3) is 0 Å². The minimum atomic E-state index is -0.0487. The van der Waals surface area contributed by atoms with Crippen molar-refractivity contribution in [3.8, 4) is 0 Å². The van der Waals surface area contributed by atoms with Crippen molar-refractivity contribution in [2.75, 3.05) is 31.5 Å². The Labute approximate surface area is 101 Å². The van der Waals surface area contributed by atoms with Crippen molar-refractivity contribution in [3.05, 3.63) is 29.8 Å². The summed E-state index contributed by atoms with van der Waals surface area (Å²) in [7, 11) is 0. The van der Waals surface area contributed by atoms with Crippen molar-refractivity contribution in [2.45, 2.75) is 6.92 Å². The Balaban J connectivity index is 1.95. The lowest BCUT2D eigenvalue weighted by atomic mass is 10.2. The van der Waals surface area contributed by atoms with E-state index in [-0.39, 0.29) is 6.03 Å². The molecule has 0 aromatic heterocycles. The van der Waals surface area contributed by atoms with E-state index in [1.165, 1.54) is 0 Å². The van der Waals surface area contributed by atoms with Crippen molar-refractivity contribution in [1.29, 1.82) is 0 Å². The van der Waals surface area contributed by atoms with Crippen LogP contribution < -0.4 is 11.2 Å². The third-order valence-electron chi connectivity index (χ3n) is 2.99. The number of hydrazine groups is 1. The number of amides is 2. The van der Waals surface area contributed by atoms with E-state index in [9.17, 15) is 4.79 Å². The Hall–Kier alpha value is -1.59. The first-order valence-corrected chi connectivity index (χ1v) is 5.78. The molecule has 3 N–H and O–H groups in total. The number of benzene rings is 1. The Morgan fingerprint density at radius 2 is 1.88 bits per heavy atom. The predicted molar refractivity (Wildman–Crippen MR) is 67.5 cm³/mol. The number of nitrogens with one attached hydrogen (secondary N) is 1. The molecule has 92 valence electrons. The summed E-state index contributed by atoms with van der Waals surface area (Å²) >= 11 is 0. The van der Waals surface area contributed by atoms with E-state index in [1.54, 1.807) is 9.91 Å². The number of nitrogens with two attached hydrogens (primary N) is 1. The number of carbonyl (C=O) groups excluding carboxylic acids is 1. The molecule has 0 atom stereocenters. The molecule has 0 radical (unpaired) electrons. The first-order valence-electron chi connectivity index (χ1n) is 5.78. The summed E-state index contributed by atoms with van der Waals surface area (Å²) in [6.45, 7) is 4.78. The van der Waals surface area contributed by atoms with E-state index in [2.05, 4.69) is 5.32 Å². The summed E-state index contributed by atoms with van der Waals surface area (Å²) in [5, 5.41) is 4.66. The van der Waals surface area contributed by atoms with Gasteiger partial charge in [-0.05, 0) is 18.6 Å². The fourth-order valence-electron chi connectivity index (χ4n) is 1.83. The number of carbonyl (C=O) groups is 1. The molecule has 0 aliphatic carbocycles. The van der Waals surface area contributed by atoms with Gasteiger partial charge in [-0.1, -0.05) is 18.2 Å². The minimum absolute atomic E-state index is 0.0487. The van der Waals surface area contributed by atoms with Crippen molar-refractivity contribution in [3.63, 3.8) is 0 Å². The Bertz CT molecular complexity index is 399. The van der Waals surface area contributed by atoms with Gasteiger partial charge in [0.1, 0.15) is 0 Å². The van der Waals surface area contributed by atoms with Gasteiger partial charge in [0, 0.05) is 31.9 Å². The zero-order valence-corrected chi connectivity index (χ0v) is 10.0. The Kier molecular flexibility index (Phi) is 3.61. The molecule has 0 bridgehead atoms. The molecule has 2 amide bonds. The molecule has 1 saturated heterocycles. The molecule has 5 nitrogen and oxygen atoms in total. The standard InChI is InChI=1S/C12H18N4O/c1-10-4-2-3-5-11(10)14-12(17)15-6-8-16(13)9-7-15/h2-5H,6-9,13H2,1H3,(H,14,17). The maximum atomic E-state index is 12.0. The number of nitrogens with zero attached hydrogens (tertiary/aromatic N) is 2. The van der Waals surface area contributed by atoms with Gasteiger partial charge in [-0.3, -0.25) is 5.84 Å². The highest BCUT2D eigenvalue weighted by molar-refractivity contribution is 5.90. The third kappa shape index (κ3) is 2.95. The van der Waals surface area contributed by atoms with Gasteiger partial charge in [0.05, 0.1) is 0 Å². The maximum Gasteiger partial charge on any atom is 0.321 e. The number of hydrogen-bond acceptors (Lipinski definition) is 3. The van der Waals surface area contributed by atoms with Crippen LogP contribution in [-0.4, -0.2) is 42.1 Å². The maximum absolute atomic E-state index is 12.0. The molecule has 1 aliphatic heterocycles. The van der Waals surface area contributed by atoms with Crippen LogP contribution in [0, 0.1) is 6.92 Å². The summed E-state index contributed by atoms with van der Waals surface area (Å²) < 4.78 is 0. The van der Waals surface area contributed by atoms with Crippen LogP contribution in [0.5, 0.6) is 0 Å². The van der Waals surface area contributed by atoms with Gasteiger partial charge in [-0.2, -0.15) is 0 Å². The van der Waals surface area contributed by atoms with Crippen LogP contribution >= 0.6 is 0 Å². The lowest BCUT2D eigenvalue weighted by Crippen LogP contribution is -2.52. The van der Waals surface area contributed by atoms with Crippen molar-refractivity contribution < 1.29 is 4.79 Å². The van der Waals surface area contributed by atoms with Gasteiger partial charge in [0.2, 0.25) is 0 Å². The Morgan fingerprint density at radius 1 is 1.24 bits per heavy atom. The van der Waals surface area contributed by atoms with E-state index in [0.29, 0.717) is 13.1 Å². The van der Waals surface area contributed by atoms with E-state index >= 15 is 0 Å². The monoisotopic (exact) mass is 234 g/mol. The van der Waals surface area contributed by atoms with Gasteiger partial charge in [-0.15, -0.1) is 0 Å². The highest BCUT2D eigenvalue weighted by Crippen LogP contribution is 2.14. The zero-order valence-electron chi connectivity index (χ0n) is 10.0. The number of para-hydroxylation sites is 1. The van der Waals surface area contributed by atoms with E-state index in [4.69, 9.17) is 5.84 Å². The predicted octanol–water partition coefficient (Wildman–Crippen LogP) is 1.02. The number of hydrogen-bond donors (Lipinski definition) is 2. The van der Waals surface area contributed by atoms with Gasteiger partial charge >= 0.3 is 6.03 Å². The molecule has 17 heavy (non-hydrogen) atoms. The van der Waals surface area contributed by atoms with E-state index < -0.39 is 0 Å². The summed E-state index contributed by atoms with van der Waals surface area (Å²) in [5.41, 5.74) is 1.94. The molecule has 0 unspecified atom stereocenters. The van der Waals surface area contributed by atoms with Crippen LogP contribution in [0.15, 0.2) is 24.3 Å². The number of piperazine rings is 1. The van der Waals surface area contributed by atoms with Gasteiger partial charge < -0.3 is 10.2 Å². The lowest BCUT2D eigenvalue weighted by Gasteiger charge is -2.32. The first kappa shape index (κ1) is 11.9. The second-order valence-corrected chi connectivity index (χ2v) is 4.27. The molecule has 5 heteroatoms. The molecule has 0 spiro atoms. The average molecular weight is 234 g/mol. The zero-order chi connectivity index (χ0) is 12.3. The number of anilines is 1. The highest BCUT2D eigenvalue weighted by atomic mass is 16.2. The summed E-state index contributed by atoms with van der Waals surface area (Å²) in [5.74, 6) is 5.65. The number of aryl methyl sites for hydroxylation is 1. The summed E-state index contributed by atoms with van der Waals surface area (Å²) in [6, 6.07) is 7.71. The third-order valence-corrected chi connectivity index (χ3v) is 2.99. The molecule has 1 heterocycles. The van der Waals surface area contributed by atoms with Crippen molar-refractivity contribution >= 4 is 11.7 Å². The minimum Gasteiger partial charge on any atom is -0.322 e. The molecule has 1 aromatic carbocycles. The molecular formula is C12H18N4O. The van der Waals surface area contributed by atoms with Gasteiger partial charge in [0.25, 0.3) is 0 Å². The fraction of sp³-hybridized carbons (Fsp3) is 0.417. The normalized spacial score (nSPS) is 16.9. The van der Waals surface area contributed by atoms with E-state index in [1.807, 2.05) is 31.2 Å². The second kappa shape index (κ2) is 5.16. The topological polar surface area (TPSA) is 61.6 Å². The fourth-order valence-corrected chi connectivity index (χ4v) is 1.83. The van der Waals surface area contributed by atoms with Crippen LogP contribution in [-0.2, 0) is 0 Å². The van der Waals surface area contributed by atoms with Crippen LogP contribution in [0.1, 0.15) is 5.56 Å². The quantitative estimate of drug-likeness (QED) is 0.713. The average Bonchev–Trinajstić information content (AvgIpc) is 2.33. The van der Waals surface area contributed by atoms with Crippen molar-refractivity contribution in [1.82, 2.24) is 9.91 Å². The lowest BCUT2D eigenvalue weighted by molar-refractivity contribution is 0.149. The Morgan fingerprint density at radius 3 is 2.53 bits per heavy atom. The smallest absolute Gasteiger partial charge is 0.321 e. The first-order chi connectivity index (χ1) is 8.16. The molecular weight excluding hydrogens is 216 g/mol. The number of urea groups is 1. The number of rotatable bonds is 1. The molecule has 0 saturated carbocycles. The molecule has 1 aromatic rings. The highest BCUT2D eigenvalue weighted by Gasteiger charge is 2.19. The molecule has 2 rings (SSSR count). The van der Waals surface area contributed by atoms with Crippen LogP contribution in [0.4, 0.5) is 10.5 Å². The largest absolute Gasteiger partial charge is 0.322 e. The second-order valence-electron chi connectivity index (χ2n) is 4.27. The van der Waals surface area contributed by atoms with Crippen LogP contribution in [0.3, 0.4) is 0 Å². The summed E-state index contributed by atoms with van der Waals surface area (Å²) in [6.07, 6.45) is 0. The van der Waals surface area contributed by atoms with Crippen LogP contribution in [0.2, 0.25) is 0 Å². The van der Waals surface area contributed by atoms with Gasteiger partial charge in [-0.25, -0.2) is 9.80 Å². The van der Waals surface area contributed by atoms with E-state index in [0.717, 1.165) is 24.3 Å².